The molecule has 1 unspecified atom stereocenters. The van der Waals surface area contributed by atoms with E-state index in [9.17, 15) is 18.4 Å². The standard InChI is InChI=1S/C24H27F2N3O2S/c25-24(26)32-19-11-9-18(10-12-19)28-21-6-2-1-5-20(21)23(31)29-13-3-4-17(15-29)22(30)27-14-16-7-8-16/h1-2,5-6,9-12,16-17,24,28H,3-4,7-8,13-15H2,(H,27,30). The van der Waals surface area contributed by atoms with Crippen LogP contribution in [0.25, 0.3) is 0 Å². The maximum absolute atomic E-state index is 13.3. The van der Waals surface area contributed by atoms with Crippen LogP contribution in [-0.2, 0) is 4.79 Å². The van der Waals surface area contributed by atoms with E-state index in [0.717, 1.165) is 19.4 Å². The van der Waals surface area contributed by atoms with Gasteiger partial charge >= 0.3 is 0 Å². The molecule has 1 heterocycles. The zero-order valence-corrected chi connectivity index (χ0v) is 18.5. The zero-order chi connectivity index (χ0) is 22.5. The van der Waals surface area contributed by atoms with E-state index in [0.29, 0.717) is 52.6 Å². The molecule has 2 aromatic carbocycles. The Balaban J connectivity index is 1.41. The lowest BCUT2D eigenvalue weighted by molar-refractivity contribution is -0.126. The van der Waals surface area contributed by atoms with Crippen LogP contribution in [-0.4, -0.2) is 42.1 Å². The monoisotopic (exact) mass is 459 g/mol. The van der Waals surface area contributed by atoms with E-state index in [1.807, 2.05) is 18.2 Å². The Morgan fingerprint density at radius 1 is 1.06 bits per heavy atom. The number of nitrogens with one attached hydrogen (secondary N) is 2. The van der Waals surface area contributed by atoms with Crippen LogP contribution in [0.2, 0.25) is 0 Å². The summed E-state index contributed by atoms with van der Waals surface area (Å²) in [5, 5.41) is 6.26. The predicted molar refractivity (Wildman–Crippen MR) is 122 cm³/mol. The fourth-order valence-corrected chi connectivity index (χ4v) is 4.41. The number of likely N-dealkylation sites (tertiary alicyclic amines) is 1. The molecule has 2 fully saturated rings. The molecule has 2 amide bonds. The van der Waals surface area contributed by atoms with Crippen molar-refractivity contribution in [2.24, 2.45) is 11.8 Å². The number of rotatable bonds is 8. The Hall–Kier alpha value is -2.61. The highest BCUT2D eigenvalue weighted by Crippen LogP contribution is 2.30. The number of hydrogen-bond donors (Lipinski definition) is 2. The average Bonchev–Trinajstić information content (AvgIpc) is 3.63. The third-order valence-corrected chi connectivity index (χ3v) is 6.58. The van der Waals surface area contributed by atoms with Gasteiger partial charge in [-0.15, -0.1) is 0 Å². The summed E-state index contributed by atoms with van der Waals surface area (Å²) >= 11 is 0.496. The molecule has 0 radical (unpaired) electrons. The van der Waals surface area contributed by atoms with Crippen molar-refractivity contribution in [1.29, 1.82) is 0 Å². The number of para-hydroxylation sites is 1. The van der Waals surface area contributed by atoms with Crippen LogP contribution in [0, 0.1) is 11.8 Å². The van der Waals surface area contributed by atoms with Gasteiger partial charge < -0.3 is 15.5 Å². The molecule has 32 heavy (non-hydrogen) atoms. The molecule has 1 saturated heterocycles. The summed E-state index contributed by atoms with van der Waals surface area (Å²) in [6.45, 7) is 1.78. The lowest BCUT2D eigenvalue weighted by Crippen LogP contribution is -2.45. The molecule has 2 aliphatic rings. The van der Waals surface area contributed by atoms with Crippen molar-refractivity contribution < 1.29 is 18.4 Å². The van der Waals surface area contributed by atoms with Gasteiger partial charge in [0.15, 0.2) is 0 Å². The average molecular weight is 460 g/mol. The first kappa shape index (κ1) is 22.6. The molecule has 0 aromatic heterocycles. The van der Waals surface area contributed by atoms with Crippen LogP contribution >= 0.6 is 11.8 Å². The first-order valence-electron chi connectivity index (χ1n) is 11.0. The van der Waals surface area contributed by atoms with Crippen molar-refractivity contribution in [3.63, 3.8) is 0 Å². The topological polar surface area (TPSA) is 61.4 Å². The molecular weight excluding hydrogens is 432 g/mol. The number of halogens is 2. The molecule has 5 nitrogen and oxygen atoms in total. The number of carbonyl (C=O) groups excluding carboxylic acids is 2. The minimum absolute atomic E-state index is 0.0440. The molecule has 170 valence electrons. The summed E-state index contributed by atoms with van der Waals surface area (Å²) < 4.78 is 25.1. The third kappa shape index (κ3) is 6.00. The van der Waals surface area contributed by atoms with Crippen LogP contribution in [0.4, 0.5) is 20.2 Å². The van der Waals surface area contributed by atoms with Gasteiger partial charge in [-0.05, 0) is 68.0 Å². The molecular formula is C24H27F2N3O2S. The van der Waals surface area contributed by atoms with Crippen molar-refractivity contribution in [2.45, 2.75) is 36.3 Å². The second-order valence-corrected chi connectivity index (χ2v) is 9.42. The highest BCUT2D eigenvalue weighted by atomic mass is 32.2. The molecule has 1 saturated carbocycles. The molecule has 2 N–H and O–H groups in total. The van der Waals surface area contributed by atoms with E-state index in [1.54, 1.807) is 35.2 Å². The van der Waals surface area contributed by atoms with E-state index in [1.165, 1.54) is 12.8 Å². The fraction of sp³-hybridized carbons (Fsp3) is 0.417. The van der Waals surface area contributed by atoms with Crippen LogP contribution in [0.15, 0.2) is 53.4 Å². The largest absolute Gasteiger partial charge is 0.356 e. The highest BCUT2D eigenvalue weighted by molar-refractivity contribution is 7.99. The van der Waals surface area contributed by atoms with Gasteiger partial charge in [0.2, 0.25) is 5.91 Å². The lowest BCUT2D eigenvalue weighted by atomic mass is 9.96. The summed E-state index contributed by atoms with van der Waals surface area (Å²) in [6, 6.07) is 13.9. The van der Waals surface area contributed by atoms with Gasteiger partial charge in [0, 0.05) is 30.2 Å². The summed E-state index contributed by atoms with van der Waals surface area (Å²) in [7, 11) is 0. The molecule has 0 spiro atoms. The molecule has 4 rings (SSSR count). The van der Waals surface area contributed by atoms with Gasteiger partial charge in [0.05, 0.1) is 17.2 Å². The van der Waals surface area contributed by atoms with Gasteiger partial charge in [-0.1, -0.05) is 23.9 Å². The van der Waals surface area contributed by atoms with Crippen molar-refractivity contribution in [1.82, 2.24) is 10.2 Å². The molecule has 8 heteroatoms. The number of alkyl halides is 2. The number of nitrogens with zero attached hydrogens (tertiary/aromatic N) is 1. The minimum atomic E-state index is -2.46. The molecule has 2 aromatic rings. The lowest BCUT2D eigenvalue weighted by Gasteiger charge is -2.32. The number of anilines is 2. The number of carbonyl (C=O) groups is 2. The Morgan fingerprint density at radius 3 is 2.53 bits per heavy atom. The normalized spacial score (nSPS) is 18.5. The van der Waals surface area contributed by atoms with Crippen LogP contribution in [0.5, 0.6) is 0 Å². The van der Waals surface area contributed by atoms with Gasteiger partial charge in [0.1, 0.15) is 0 Å². The summed E-state index contributed by atoms with van der Waals surface area (Å²) in [5.41, 5.74) is 1.88. The van der Waals surface area contributed by atoms with Gasteiger partial charge in [-0.25, -0.2) is 0 Å². The van der Waals surface area contributed by atoms with E-state index in [4.69, 9.17) is 0 Å². The van der Waals surface area contributed by atoms with Gasteiger partial charge in [-0.2, -0.15) is 8.78 Å². The van der Waals surface area contributed by atoms with Crippen LogP contribution in [0.1, 0.15) is 36.0 Å². The Morgan fingerprint density at radius 2 is 1.81 bits per heavy atom. The van der Waals surface area contributed by atoms with E-state index in [2.05, 4.69) is 10.6 Å². The second kappa shape index (κ2) is 10.3. The zero-order valence-electron chi connectivity index (χ0n) is 17.7. The van der Waals surface area contributed by atoms with Gasteiger partial charge in [0.25, 0.3) is 11.7 Å². The maximum atomic E-state index is 13.3. The summed E-state index contributed by atoms with van der Waals surface area (Å²) in [5.74, 6) is -2.08. The number of hydrogen-bond acceptors (Lipinski definition) is 4. The van der Waals surface area contributed by atoms with E-state index < -0.39 is 5.76 Å². The molecule has 1 atom stereocenters. The SMILES string of the molecule is O=C(NCC1CC1)C1CCCN(C(=O)c2ccccc2Nc2ccc(SC(F)F)cc2)C1. The number of benzene rings is 2. The second-order valence-electron chi connectivity index (χ2n) is 8.35. The van der Waals surface area contributed by atoms with Crippen molar-refractivity contribution >= 4 is 35.0 Å². The van der Waals surface area contributed by atoms with Crippen LogP contribution < -0.4 is 10.6 Å². The maximum Gasteiger partial charge on any atom is 0.288 e. The van der Waals surface area contributed by atoms with Gasteiger partial charge in [-0.3, -0.25) is 9.59 Å². The molecule has 0 bridgehead atoms. The minimum Gasteiger partial charge on any atom is -0.356 e. The van der Waals surface area contributed by atoms with Crippen LogP contribution in [0.3, 0.4) is 0 Å². The van der Waals surface area contributed by atoms with Crippen molar-refractivity contribution in [3.05, 3.63) is 54.1 Å². The summed E-state index contributed by atoms with van der Waals surface area (Å²) in [6.07, 6.45) is 3.97. The first-order chi connectivity index (χ1) is 15.5. The Kier molecular flexibility index (Phi) is 7.29. The number of thioether (sulfide) groups is 1. The fourth-order valence-electron chi connectivity index (χ4n) is 3.91. The highest BCUT2D eigenvalue weighted by Gasteiger charge is 2.31. The summed E-state index contributed by atoms with van der Waals surface area (Å²) in [4.78, 5) is 28.1. The first-order valence-corrected chi connectivity index (χ1v) is 11.9. The Labute approximate surface area is 190 Å². The third-order valence-electron chi connectivity index (χ3n) is 5.86. The van der Waals surface area contributed by atoms with Crippen molar-refractivity contribution in [2.75, 3.05) is 25.0 Å². The van der Waals surface area contributed by atoms with E-state index in [-0.39, 0.29) is 17.7 Å². The molecule has 1 aliphatic carbocycles. The Bertz CT molecular complexity index is 951. The van der Waals surface area contributed by atoms with Crippen molar-refractivity contribution in [3.8, 4) is 0 Å². The molecule has 1 aliphatic heterocycles. The smallest absolute Gasteiger partial charge is 0.288 e. The number of piperidine rings is 1. The quantitative estimate of drug-likeness (QED) is 0.538. The number of amides is 2. The predicted octanol–water partition coefficient (Wildman–Crippen LogP) is 5.12. The van der Waals surface area contributed by atoms with E-state index >= 15 is 0 Å².